The molecule has 0 fully saturated rings. The molecule has 2 aromatic heterocycles. The van der Waals surface area contributed by atoms with Crippen LogP contribution in [0.25, 0.3) is 39.4 Å². The van der Waals surface area contributed by atoms with Crippen molar-refractivity contribution in [3.8, 4) is 28.3 Å². The van der Waals surface area contributed by atoms with Gasteiger partial charge in [-0.25, -0.2) is 0 Å². The normalized spacial score (nSPS) is 23.1. The fourth-order valence-corrected chi connectivity index (χ4v) is 7.05. The monoisotopic (exact) mass is 527 g/mol. The Morgan fingerprint density at radius 3 is 2.08 bits per heavy atom. The van der Waals surface area contributed by atoms with Crippen molar-refractivity contribution < 1.29 is 20.1 Å². The van der Waals surface area contributed by atoms with Crippen molar-refractivity contribution in [2.75, 3.05) is 0 Å². The van der Waals surface area contributed by atoms with E-state index in [9.17, 15) is 2.74 Å². The standard InChI is InChI=1S/C37H33N3/c1-24(2)26-16-13-17-27(25(3)4)35(26)39-33-21-9-10-22-34(33)40-36(39)29-15-6-8-19-31(29)37(40)30-18-7-5-14-28(30)32-20-11-12-23-38(32)37/h5-25H,1-4H3/q+2/i1D3,3D3,24D,25D. The molecule has 0 saturated heterocycles. The van der Waals surface area contributed by atoms with Crippen molar-refractivity contribution >= 4 is 11.0 Å². The molecule has 0 N–H and O–H groups in total. The molecule has 2 aliphatic rings. The topological polar surface area (TPSA) is 12.7 Å². The lowest BCUT2D eigenvalue weighted by Crippen LogP contribution is -2.71. The van der Waals surface area contributed by atoms with E-state index in [0.717, 1.165) is 33.5 Å². The zero-order chi connectivity index (χ0) is 34.0. The van der Waals surface area contributed by atoms with Crippen LogP contribution in [0.3, 0.4) is 0 Å². The smallest absolute Gasteiger partial charge is 0.187 e. The molecule has 1 spiro atoms. The first-order chi connectivity index (χ1) is 22.6. The van der Waals surface area contributed by atoms with E-state index in [1.165, 1.54) is 13.8 Å². The molecular formula is C37H33N3+2. The summed E-state index contributed by atoms with van der Waals surface area (Å²) in [5.74, 6) is -3.60. The van der Waals surface area contributed by atoms with Crippen molar-refractivity contribution in [2.45, 2.75) is 45.0 Å². The van der Waals surface area contributed by atoms with Crippen LogP contribution in [0, 0.1) is 0 Å². The third-order valence-electron chi connectivity index (χ3n) is 8.51. The number of hydrogen-bond donors (Lipinski definition) is 0. The van der Waals surface area contributed by atoms with Crippen molar-refractivity contribution in [3.05, 3.63) is 138 Å². The van der Waals surface area contributed by atoms with Crippen molar-refractivity contribution in [1.29, 1.82) is 0 Å². The number of imidazole rings is 1. The van der Waals surface area contributed by atoms with E-state index in [2.05, 4.69) is 39.6 Å². The van der Waals surface area contributed by atoms with Gasteiger partial charge in [0.05, 0.1) is 22.3 Å². The maximum atomic E-state index is 9.33. The minimum absolute atomic E-state index is 0.116. The van der Waals surface area contributed by atoms with Crippen LogP contribution in [0.1, 0.15) is 72.6 Å². The number of pyridine rings is 1. The molecule has 0 saturated carbocycles. The van der Waals surface area contributed by atoms with E-state index in [0.29, 0.717) is 11.3 Å². The molecule has 3 atom stereocenters. The fraction of sp³-hybridized carbons (Fsp3) is 0.189. The zero-order valence-corrected chi connectivity index (χ0v) is 22.3. The molecule has 4 heterocycles. The fourth-order valence-electron chi connectivity index (χ4n) is 7.05. The highest BCUT2D eigenvalue weighted by molar-refractivity contribution is 5.84. The van der Waals surface area contributed by atoms with Gasteiger partial charge in [0, 0.05) is 34.2 Å². The van der Waals surface area contributed by atoms with E-state index >= 15 is 0 Å². The lowest BCUT2D eigenvalue weighted by molar-refractivity contribution is -0.944. The maximum Gasteiger partial charge on any atom is 0.364 e. The summed E-state index contributed by atoms with van der Waals surface area (Å²) in [6, 6.07) is 35.1. The van der Waals surface area contributed by atoms with Crippen LogP contribution in [0.2, 0.25) is 0 Å². The highest BCUT2D eigenvalue weighted by Crippen LogP contribution is 2.49. The molecule has 3 heteroatoms. The highest BCUT2D eigenvalue weighted by Gasteiger charge is 2.65. The summed E-state index contributed by atoms with van der Waals surface area (Å²) in [6.45, 7) is -2.85. The van der Waals surface area contributed by atoms with Gasteiger partial charge < -0.3 is 0 Å². The molecule has 40 heavy (non-hydrogen) atoms. The first-order valence-corrected chi connectivity index (χ1v) is 13.6. The van der Waals surface area contributed by atoms with Crippen molar-refractivity contribution in [2.24, 2.45) is 0 Å². The minimum atomic E-state index is -2.77. The van der Waals surface area contributed by atoms with Gasteiger partial charge in [-0.15, -0.1) is 9.13 Å². The number of hydrogen-bond acceptors (Lipinski definition) is 0. The minimum Gasteiger partial charge on any atom is -0.187 e. The Balaban J connectivity index is 1.62. The molecule has 4 aromatic carbocycles. The Bertz CT molecular complexity index is 2210. The Labute approximate surface area is 246 Å². The molecule has 0 amide bonds. The average molecular weight is 528 g/mol. The van der Waals surface area contributed by atoms with Gasteiger partial charge in [0.25, 0.3) is 0 Å². The van der Waals surface area contributed by atoms with E-state index in [1.54, 1.807) is 18.2 Å². The third-order valence-corrected chi connectivity index (χ3v) is 8.51. The van der Waals surface area contributed by atoms with Crippen LogP contribution in [0.15, 0.2) is 115 Å². The molecular weight excluding hydrogens is 486 g/mol. The molecule has 6 aromatic rings. The van der Waals surface area contributed by atoms with Gasteiger partial charge in [0.1, 0.15) is 5.69 Å². The summed E-state index contributed by atoms with van der Waals surface area (Å²) in [5, 5.41) is 0. The number of aromatic nitrogens is 3. The summed E-state index contributed by atoms with van der Waals surface area (Å²) in [6.07, 6.45) is 2.07. The Morgan fingerprint density at radius 1 is 0.700 bits per heavy atom. The first-order valence-electron chi connectivity index (χ1n) is 17.6. The van der Waals surface area contributed by atoms with Crippen LogP contribution >= 0.6 is 0 Å². The van der Waals surface area contributed by atoms with Gasteiger partial charge in [-0.2, -0.15) is 4.57 Å². The molecule has 3 nitrogen and oxygen atoms in total. The van der Waals surface area contributed by atoms with Crippen molar-refractivity contribution in [1.82, 2.24) is 4.57 Å². The van der Waals surface area contributed by atoms with E-state index in [4.69, 9.17) is 8.22 Å². The molecule has 3 unspecified atom stereocenters. The van der Waals surface area contributed by atoms with Crippen LogP contribution in [-0.4, -0.2) is 4.57 Å². The Hall–Kier alpha value is -4.50. The molecule has 194 valence electrons. The number of rotatable bonds is 3. The summed E-state index contributed by atoms with van der Waals surface area (Å²) < 4.78 is 75.7. The summed E-state index contributed by atoms with van der Waals surface area (Å²) >= 11 is 0. The van der Waals surface area contributed by atoms with E-state index < -0.39 is 31.2 Å². The number of benzene rings is 4. The van der Waals surface area contributed by atoms with Crippen LogP contribution in [0.4, 0.5) is 0 Å². The van der Waals surface area contributed by atoms with Gasteiger partial charge in [-0.05, 0) is 54.3 Å². The predicted molar refractivity (Wildman–Crippen MR) is 161 cm³/mol. The van der Waals surface area contributed by atoms with Crippen molar-refractivity contribution in [3.63, 3.8) is 0 Å². The number of nitrogens with zero attached hydrogens (tertiary/aromatic N) is 3. The number of para-hydroxylation sites is 3. The average Bonchev–Trinajstić information content (AvgIpc) is 3.65. The Kier molecular flexibility index (Phi) is 3.42. The molecule has 8 rings (SSSR count). The summed E-state index contributed by atoms with van der Waals surface area (Å²) in [4.78, 5) is 0. The lowest BCUT2D eigenvalue weighted by Gasteiger charge is -2.20. The van der Waals surface area contributed by atoms with E-state index in [-0.39, 0.29) is 16.8 Å². The largest absolute Gasteiger partial charge is 0.364 e. The Morgan fingerprint density at radius 2 is 1.32 bits per heavy atom. The SMILES string of the molecule is [2H]C([2H])([2H])C([2H])(C)c1cccc(C([2H])(C)C([2H])([2H])[2H])c1-n1c2[n+](c3ccccc31)C1(c3ccccc3-c3cccc[n+]31)c1ccccc1-2. The predicted octanol–water partition coefficient (Wildman–Crippen LogP) is 7.71. The molecule has 0 radical (unpaired) electrons. The second kappa shape index (κ2) is 8.25. The summed E-state index contributed by atoms with van der Waals surface area (Å²) in [5.41, 5.74) is 6.12. The van der Waals surface area contributed by atoms with Crippen LogP contribution in [0.5, 0.6) is 0 Å². The molecule has 0 bridgehead atoms. The quantitative estimate of drug-likeness (QED) is 0.209. The zero-order valence-electron chi connectivity index (χ0n) is 30.3. The lowest BCUT2D eigenvalue weighted by atomic mass is 9.89. The first kappa shape index (κ1) is 16.6. The molecule has 2 aliphatic heterocycles. The van der Waals surface area contributed by atoms with E-state index in [1.807, 2.05) is 71.3 Å². The summed E-state index contributed by atoms with van der Waals surface area (Å²) in [7, 11) is 0. The highest BCUT2D eigenvalue weighted by atomic mass is 15.4. The second-order valence-electron chi connectivity index (χ2n) is 10.7. The third kappa shape index (κ3) is 2.75. The van der Waals surface area contributed by atoms with Gasteiger partial charge in [0.2, 0.25) is 5.69 Å². The van der Waals surface area contributed by atoms with Gasteiger partial charge in [-0.3, -0.25) is 0 Å². The number of fused-ring (bicyclic) bond motifs is 12. The van der Waals surface area contributed by atoms with Gasteiger partial charge in [-0.1, -0.05) is 82.1 Å². The molecule has 0 aliphatic carbocycles. The maximum absolute atomic E-state index is 9.33. The van der Waals surface area contributed by atoms with Crippen LogP contribution < -0.4 is 9.13 Å². The van der Waals surface area contributed by atoms with Crippen LogP contribution in [-0.2, 0) is 5.66 Å². The van der Waals surface area contributed by atoms with Gasteiger partial charge in [0.15, 0.2) is 17.2 Å². The second-order valence-corrected chi connectivity index (χ2v) is 10.7. The van der Waals surface area contributed by atoms with Gasteiger partial charge >= 0.3 is 11.5 Å².